The van der Waals surface area contributed by atoms with Crippen LogP contribution in [-0.2, 0) is 13.1 Å². The first-order valence-electron chi connectivity index (χ1n) is 10.4. The van der Waals surface area contributed by atoms with Gasteiger partial charge in [-0.15, -0.1) is 0 Å². The summed E-state index contributed by atoms with van der Waals surface area (Å²) in [6.45, 7) is 2.74. The van der Waals surface area contributed by atoms with Gasteiger partial charge in [-0.05, 0) is 48.9 Å². The van der Waals surface area contributed by atoms with Crippen molar-refractivity contribution in [3.63, 3.8) is 0 Å². The maximum atomic E-state index is 12.0. The lowest BCUT2D eigenvalue weighted by molar-refractivity contribution is 0.0550. The number of nitrogens with zero attached hydrogens (tertiary/aromatic N) is 2. The topological polar surface area (TPSA) is 85.7 Å². The summed E-state index contributed by atoms with van der Waals surface area (Å²) in [7, 11) is 0. The number of carboxylic acid groups (broad SMARTS) is 1. The second kappa shape index (κ2) is 10.4. The number of aliphatic hydroxyl groups excluding tert-OH is 1. The second-order valence-electron chi connectivity index (χ2n) is 7.92. The summed E-state index contributed by atoms with van der Waals surface area (Å²) in [5.74, 6) is 0.350. The molecule has 1 heterocycles. The van der Waals surface area contributed by atoms with Crippen LogP contribution < -0.4 is 10.2 Å². The molecule has 1 fully saturated rings. The van der Waals surface area contributed by atoms with Gasteiger partial charge in [0.25, 0.3) is 0 Å². The van der Waals surface area contributed by atoms with E-state index in [0.29, 0.717) is 18.2 Å². The van der Waals surface area contributed by atoms with Crippen molar-refractivity contribution in [2.45, 2.75) is 64.3 Å². The minimum Gasteiger partial charge on any atom is -0.465 e. The fourth-order valence-electron chi connectivity index (χ4n) is 4.13. The third kappa shape index (κ3) is 5.78. The van der Waals surface area contributed by atoms with Gasteiger partial charge in [0.1, 0.15) is 0 Å². The highest BCUT2D eigenvalue weighted by atomic mass is 16.4. The van der Waals surface area contributed by atoms with Crippen molar-refractivity contribution in [2.24, 2.45) is 5.92 Å². The Morgan fingerprint density at radius 3 is 2.66 bits per heavy atom. The van der Waals surface area contributed by atoms with E-state index in [0.717, 1.165) is 24.0 Å². The lowest BCUT2D eigenvalue weighted by atomic mass is 9.83. The molecule has 0 unspecified atom stereocenters. The standard InChI is InChI=1S/C23H31N3O3/c1-17(22(27)19-9-3-2-4-10-19)25-15-20-11-5-6-12-21(20)26(23(28)29)16-18-8-7-13-24-14-18/h5-8,11-14,17,19,22,25,27H,2-4,9-10,15-16H2,1H3,(H,28,29)/t17-,22+/m0/s1. The van der Waals surface area contributed by atoms with Crippen LogP contribution in [0.4, 0.5) is 10.5 Å². The summed E-state index contributed by atoms with van der Waals surface area (Å²) in [5.41, 5.74) is 2.37. The first-order chi connectivity index (χ1) is 14.1. The van der Waals surface area contributed by atoms with E-state index in [4.69, 9.17) is 0 Å². The van der Waals surface area contributed by atoms with Gasteiger partial charge < -0.3 is 15.5 Å². The van der Waals surface area contributed by atoms with Crippen LogP contribution >= 0.6 is 0 Å². The first-order valence-corrected chi connectivity index (χ1v) is 10.4. The molecule has 3 N–H and O–H groups in total. The largest absolute Gasteiger partial charge is 0.465 e. The molecule has 1 aliphatic rings. The number of para-hydroxylation sites is 1. The fraction of sp³-hybridized carbons (Fsp3) is 0.478. The van der Waals surface area contributed by atoms with E-state index >= 15 is 0 Å². The zero-order valence-electron chi connectivity index (χ0n) is 17.0. The van der Waals surface area contributed by atoms with E-state index in [9.17, 15) is 15.0 Å². The SMILES string of the molecule is C[C@H](NCc1ccccc1N(Cc1cccnc1)C(=O)O)[C@@H](O)C1CCCCC1. The van der Waals surface area contributed by atoms with Crippen LogP contribution in [0.1, 0.15) is 50.2 Å². The lowest BCUT2D eigenvalue weighted by Crippen LogP contribution is -2.42. The van der Waals surface area contributed by atoms with Crippen molar-refractivity contribution < 1.29 is 15.0 Å². The molecule has 2 atom stereocenters. The molecule has 6 nitrogen and oxygen atoms in total. The number of pyridine rings is 1. The van der Waals surface area contributed by atoms with Crippen LogP contribution in [0.3, 0.4) is 0 Å². The number of aliphatic hydroxyl groups is 1. The van der Waals surface area contributed by atoms with Gasteiger partial charge in [0.15, 0.2) is 0 Å². The summed E-state index contributed by atoms with van der Waals surface area (Å²) in [6, 6.07) is 11.1. The molecular weight excluding hydrogens is 366 g/mol. The number of hydrogen-bond acceptors (Lipinski definition) is 4. The highest BCUT2D eigenvalue weighted by molar-refractivity contribution is 5.87. The Bertz CT molecular complexity index is 778. The van der Waals surface area contributed by atoms with E-state index in [1.54, 1.807) is 18.5 Å². The molecule has 1 aromatic heterocycles. The Hall–Kier alpha value is -2.44. The molecule has 1 amide bonds. The molecule has 6 heteroatoms. The second-order valence-corrected chi connectivity index (χ2v) is 7.92. The van der Waals surface area contributed by atoms with E-state index in [2.05, 4.69) is 10.3 Å². The van der Waals surface area contributed by atoms with Crippen molar-refractivity contribution in [2.75, 3.05) is 4.90 Å². The molecule has 156 valence electrons. The number of amides is 1. The molecule has 0 bridgehead atoms. The molecule has 2 aromatic rings. The number of hydrogen-bond donors (Lipinski definition) is 3. The predicted molar refractivity (Wildman–Crippen MR) is 114 cm³/mol. The molecule has 0 spiro atoms. The molecule has 0 saturated heterocycles. The van der Waals surface area contributed by atoms with E-state index in [-0.39, 0.29) is 18.7 Å². The van der Waals surface area contributed by atoms with Crippen molar-refractivity contribution in [3.8, 4) is 0 Å². The maximum Gasteiger partial charge on any atom is 0.412 e. The van der Waals surface area contributed by atoms with Crippen molar-refractivity contribution in [1.29, 1.82) is 0 Å². The summed E-state index contributed by atoms with van der Waals surface area (Å²) in [5, 5.41) is 23.9. The molecule has 0 radical (unpaired) electrons. The van der Waals surface area contributed by atoms with Gasteiger partial charge in [0.05, 0.1) is 18.3 Å². The molecule has 29 heavy (non-hydrogen) atoms. The number of benzene rings is 1. The summed E-state index contributed by atoms with van der Waals surface area (Å²) < 4.78 is 0. The van der Waals surface area contributed by atoms with Crippen molar-refractivity contribution >= 4 is 11.8 Å². The van der Waals surface area contributed by atoms with Crippen LogP contribution in [0.2, 0.25) is 0 Å². The fourth-order valence-corrected chi connectivity index (χ4v) is 4.13. The number of rotatable bonds is 8. The minimum atomic E-state index is -1.00. The molecule has 1 aromatic carbocycles. The lowest BCUT2D eigenvalue weighted by Gasteiger charge is -2.31. The Balaban J connectivity index is 1.69. The number of aromatic nitrogens is 1. The van der Waals surface area contributed by atoms with Crippen molar-refractivity contribution in [3.05, 3.63) is 59.9 Å². The number of nitrogens with one attached hydrogen (secondary N) is 1. The Morgan fingerprint density at radius 1 is 1.21 bits per heavy atom. The number of anilines is 1. The van der Waals surface area contributed by atoms with Gasteiger partial charge in [-0.3, -0.25) is 9.88 Å². The van der Waals surface area contributed by atoms with Gasteiger partial charge >= 0.3 is 6.09 Å². The third-order valence-corrected chi connectivity index (χ3v) is 5.84. The summed E-state index contributed by atoms with van der Waals surface area (Å²) >= 11 is 0. The van der Waals surface area contributed by atoms with Crippen LogP contribution in [-0.4, -0.2) is 33.4 Å². The normalized spacial score (nSPS) is 16.9. The summed E-state index contributed by atoms with van der Waals surface area (Å²) in [4.78, 5) is 17.4. The average molecular weight is 398 g/mol. The molecular formula is C23H31N3O3. The zero-order valence-corrected chi connectivity index (χ0v) is 17.0. The average Bonchev–Trinajstić information content (AvgIpc) is 2.76. The van der Waals surface area contributed by atoms with Crippen LogP contribution in [0, 0.1) is 5.92 Å². The predicted octanol–water partition coefficient (Wildman–Crippen LogP) is 4.19. The smallest absolute Gasteiger partial charge is 0.412 e. The highest BCUT2D eigenvalue weighted by Crippen LogP contribution is 2.28. The molecule has 0 aliphatic heterocycles. The molecule has 3 rings (SSSR count). The van der Waals surface area contributed by atoms with Gasteiger partial charge in [-0.2, -0.15) is 0 Å². The molecule has 1 saturated carbocycles. The van der Waals surface area contributed by atoms with E-state index < -0.39 is 6.09 Å². The van der Waals surface area contributed by atoms with Crippen LogP contribution in [0.15, 0.2) is 48.8 Å². The van der Waals surface area contributed by atoms with E-state index in [1.807, 2.05) is 37.3 Å². The van der Waals surface area contributed by atoms with Gasteiger partial charge in [0.2, 0.25) is 0 Å². The van der Waals surface area contributed by atoms with Crippen LogP contribution in [0.5, 0.6) is 0 Å². The summed E-state index contributed by atoms with van der Waals surface area (Å²) in [6.07, 6.45) is 7.79. The van der Waals surface area contributed by atoms with E-state index in [1.165, 1.54) is 24.2 Å². The Morgan fingerprint density at radius 2 is 1.97 bits per heavy atom. The van der Waals surface area contributed by atoms with Crippen molar-refractivity contribution in [1.82, 2.24) is 10.3 Å². The van der Waals surface area contributed by atoms with Gasteiger partial charge in [-0.1, -0.05) is 43.5 Å². The first kappa shape index (κ1) is 21.3. The highest BCUT2D eigenvalue weighted by Gasteiger charge is 2.26. The van der Waals surface area contributed by atoms with Crippen LogP contribution in [0.25, 0.3) is 0 Å². The monoisotopic (exact) mass is 397 g/mol. The third-order valence-electron chi connectivity index (χ3n) is 5.84. The Labute approximate surface area is 172 Å². The number of carbonyl (C=O) groups is 1. The molecule has 1 aliphatic carbocycles. The van der Waals surface area contributed by atoms with Gasteiger partial charge in [0, 0.05) is 25.0 Å². The Kier molecular flexibility index (Phi) is 7.61. The zero-order chi connectivity index (χ0) is 20.6. The quantitative estimate of drug-likeness (QED) is 0.622. The maximum absolute atomic E-state index is 12.0. The van der Waals surface area contributed by atoms with Gasteiger partial charge in [-0.25, -0.2) is 4.79 Å². The minimum absolute atomic E-state index is 0.0530.